The number of nitrogens with zero attached hydrogens (tertiary/aromatic N) is 2. The number of thioether (sulfide) groups is 1. The van der Waals surface area contributed by atoms with Crippen LogP contribution in [0.5, 0.6) is 0 Å². The minimum Gasteiger partial charge on any atom is -0.481 e. The Bertz CT molecular complexity index is 430. The van der Waals surface area contributed by atoms with Crippen molar-refractivity contribution in [1.82, 2.24) is 9.80 Å². The molecule has 0 aromatic heterocycles. The number of carbonyl (C=O) groups is 3. The quantitative estimate of drug-likeness (QED) is 0.839. The van der Waals surface area contributed by atoms with Crippen LogP contribution < -0.4 is 0 Å². The molecule has 1 unspecified atom stereocenters. The van der Waals surface area contributed by atoms with Crippen LogP contribution in [0.25, 0.3) is 0 Å². The van der Waals surface area contributed by atoms with E-state index in [1.165, 1.54) is 0 Å². The lowest BCUT2D eigenvalue weighted by atomic mass is 10.1. The molecule has 22 heavy (non-hydrogen) atoms. The molecule has 0 spiro atoms. The summed E-state index contributed by atoms with van der Waals surface area (Å²) in [5, 5.41) is 8.99. The molecule has 2 aliphatic heterocycles. The fourth-order valence-corrected chi connectivity index (χ4v) is 4.05. The standard InChI is InChI=1S/C15H24N2O4S/c18-13-5-3-1-2-4-6-16(13)10-14(19)17-7-8-22-11-12(17)9-15(20)21/h12H,1-11H2,(H,20,21). The molecule has 7 heteroatoms. The molecule has 0 aromatic rings. The number of likely N-dealkylation sites (tertiary alicyclic amines) is 1. The minimum atomic E-state index is -0.882. The first-order valence-electron chi connectivity index (χ1n) is 7.94. The second kappa shape index (κ2) is 8.41. The summed E-state index contributed by atoms with van der Waals surface area (Å²) in [7, 11) is 0. The van der Waals surface area contributed by atoms with E-state index in [1.54, 1.807) is 21.6 Å². The Labute approximate surface area is 135 Å². The summed E-state index contributed by atoms with van der Waals surface area (Å²) in [6.07, 6.45) is 4.50. The maximum atomic E-state index is 12.5. The highest BCUT2D eigenvalue weighted by Gasteiger charge is 2.30. The second-order valence-corrected chi connectivity index (χ2v) is 7.04. The largest absolute Gasteiger partial charge is 0.481 e. The van der Waals surface area contributed by atoms with Crippen molar-refractivity contribution in [2.45, 2.75) is 44.6 Å². The zero-order chi connectivity index (χ0) is 15.9. The molecule has 0 saturated carbocycles. The monoisotopic (exact) mass is 328 g/mol. The van der Waals surface area contributed by atoms with E-state index < -0.39 is 5.97 Å². The van der Waals surface area contributed by atoms with E-state index in [4.69, 9.17) is 5.11 Å². The molecule has 2 rings (SSSR count). The van der Waals surface area contributed by atoms with Crippen molar-refractivity contribution in [1.29, 1.82) is 0 Å². The summed E-state index contributed by atoms with van der Waals surface area (Å²) in [5.74, 6) is 0.546. The Hall–Kier alpha value is -1.24. The number of rotatable bonds is 4. The number of carboxylic acid groups (broad SMARTS) is 1. The Morgan fingerprint density at radius 1 is 1.18 bits per heavy atom. The summed E-state index contributed by atoms with van der Waals surface area (Å²) >= 11 is 1.68. The van der Waals surface area contributed by atoms with Crippen molar-refractivity contribution < 1.29 is 19.5 Å². The molecule has 0 bridgehead atoms. The molecular weight excluding hydrogens is 304 g/mol. The Morgan fingerprint density at radius 2 is 1.95 bits per heavy atom. The SMILES string of the molecule is O=C(O)CC1CSCCN1C(=O)CN1CCCCCCC1=O. The van der Waals surface area contributed by atoms with Gasteiger partial charge in [0.25, 0.3) is 0 Å². The third-order valence-electron chi connectivity index (χ3n) is 4.21. The first-order valence-corrected chi connectivity index (χ1v) is 9.10. The highest BCUT2D eigenvalue weighted by molar-refractivity contribution is 7.99. The number of hydrogen-bond donors (Lipinski definition) is 1. The second-order valence-electron chi connectivity index (χ2n) is 5.89. The third-order valence-corrected chi connectivity index (χ3v) is 5.30. The molecule has 2 fully saturated rings. The van der Waals surface area contributed by atoms with Crippen LogP contribution in [0.2, 0.25) is 0 Å². The molecule has 6 nitrogen and oxygen atoms in total. The topological polar surface area (TPSA) is 77.9 Å². The van der Waals surface area contributed by atoms with Crippen LogP contribution in [-0.2, 0) is 14.4 Å². The Morgan fingerprint density at radius 3 is 2.73 bits per heavy atom. The van der Waals surface area contributed by atoms with Gasteiger partial charge in [-0.25, -0.2) is 0 Å². The highest BCUT2D eigenvalue weighted by atomic mass is 32.2. The molecule has 0 aliphatic carbocycles. The van der Waals surface area contributed by atoms with E-state index in [9.17, 15) is 14.4 Å². The summed E-state index contributed by atoms with van der Waals surface area (Å²) < 4.78 is 0. The summed E-state index contributed by atoms with van der Waals surface area (Å²) in [4.78, 5) is 38.9. The van der Waals surface area contributed by atoms with Crippen molar-refractivity contribution >= 4 is 29.5 Å². The van der Waals surface area contributed by atoms with Crippen molar-refractivity contribution in [2.75, 3.05) is 31.1 Å². The van der Waals surface area contributed by atoms with E-state index in [2.05, 4.69) is 0 Å². The van der Waals surface area contributed by atoms with E-state index in [0.29, 0.717) is 25.3 Å². The van der Waals surface area contributed by atoms with Gasteiger partial charge < -0.3 is 14.9 Å². The lowest BCUT2D eigenvalue weighted by Gasteiger charge is -2.36. The van der Waals surface area contributed by atoms with Gasteiger partial charge in [-0.3, -0.25) is 14.4 Å². The maximum absolute atomic E-state index is 12.5. The van der Waals surface area contributed by atoms with Crippen LogP contribution >= 0.6 is 11.8 Å². The molecule has 2 aliphatic rings. The molecule has 1 atom stereocenters. The number of aliphatic carboxylic acids is 1. The Balaban J connectivity index is 1.95. The van der Waals surface area contributed by atoms with Crippen molar-refractivity contribution in [2.24, 2.45) is 0 Å². The van der Waals surface area contributed by atoms with E-state index in [1.807, 2.05) is 0 Å². The minimum absolute atomic E-state index is 0.0211. The van der Waals surface area contributed by atoms with Gasteiger partial charge in [-0.2, -0.15) is 11.8 Å². The van der Waals surface area contributed by atoms with Gasteiger partial charge in [0.15, 0.2) is 0 Å². The van der Waals surface area contributed by atoms with Crippen LogP contribution in [0.3, 0.4) is 0 Å². The van der Waals surface area contributed by atoms with E-state index >= 15 is 0 Å². The normalized spacial score (nSPS) is 23.8. The summed E-state index contributed by atoms with van der Waals surface area (Å²) in [5.41, 5.74) is 0. The lowest BCUT2D eigenvalue weighted by Crippen LogP contribution is -2.51. The molecule has 124 valence electrons. The predicted molar refractivity (Wildman–Crippen MR) is 84.7 cm³/mol. The average Bonchev–Trinajstić information content (AvgIpc) is 2.47. The van der Waals surface area contributed by atoms with Gasteiger partial charge in [-0.1, -0.05) is 12.8 Å². The van der Waals surface area contributed by atoms with Crippen LogP contribution in [-0.4, -0.2) is 69.9 Å². The van der Waals surface area contributed by atoms with E-state index in [0.717, 1.165) is 31.4 Å². The number of amides is 2. The van der Waals surface area contributed by atoms with Gasteiger partial charge in [0.1, 0.15) is 0 Å². The van der Waals surface area contributed by atoms with Gasteiger partial charge in [0.2, 0.25) is 11.8 Å². The van der Waals surface area contributed by atoms with Gasteiger partial charge in [-0.05, 0) is 12.8 Å². The number of hydrogen-bond acceptors (Lipinski definition) is 4. The number of carbonyl (C=O) groups excluding carboxylic acids is 2. The lowest BCUT2D eigenvalue weighted by molar-refractivity contribution is -0.144. The van der Waals surface area contributed by atoms with Gasteiger partial charge in [-0.15, -0.1) is 0 Å². The average molecular weight is 328 g/mol. The first-order chi connectivity index (χ1) is 10.6. The van der Waals surface area contributed by atoms with Crippen LogP contribution in [0.1, 0.15) is 38.5 Å². The molecular formula is C15H24N2O4S. The fourth-order valence-electron chi connectivity index (χ4n) is 2.99. The van der Waals surface area contributed by atoms with Crippen LogP contribution in [0.4, 0.5) is 0 Å². The first kappa shape index (κ1) is 17.1. The summed E-state index contributed by atoms with van der Waals surface area (Å²) in [6, 6.07) is -0.256. The fraction of sp³-hybridized carbons (Fsp3) is 0.800. The predicted octanol–water partition coefficient (Wildman–Crippen LogP) is 1.20. The molecule has 0 aromatic carbocycles. The maximum Gasteiger partial charge on any atom is 0.305 e. The third kappa shape index (κ3) is 4.90. The number of carboxylic acids is 1. The van der Waals surface area contributed by atoms with Crippen LogP contribution in [0, 0.1) is 0 Å². The molecule has 2 saturated heterocycles. The van der Waals surface area contributed by atoms with Crippen molar-refractivity contribution in [3.63, 3.8) is 0 Å². The van der Waals surface area contributed by atoms with Crippen molar-refractivity contribution in [3.05, 3.63) is 0 Å². The highest BCUT2D eigenvalue weighted by Crippen LogP contribution is 2.20. The van der Waals surface area contributed by atoms with Gasteiger partial charge in [0.05, 0.1) is 19.0 Å². The van der Waals surface area contributed by atoms with E-state index in [-0.39, 0.29) is 30.8 Å². The Kier molecular flexibility index (Phi) is 6.54. The molecule has 1 N–H and O–H groups in total. The zero-order valence-corrected chi connectivity index (χ0v) is 13.6. The van der Waals surface area contributed by atoms with Gasteiger partial charge >= 0.3 is 5.97 Å². The van der Waals surface area contributed by atoms with Gasteiger partial charge in [0, 0.05) is 31.0 Å². The van der Waals surface area contributed by atoms with Crippen molar-refractivity contribution in [3.8, 4) is 0 Å². The molecule has 2 heterocycles. The van der Waals surface area contributed by atoms with Crippen LogP contribution in [0.15, 0.2) is 0 Å². The smallest absolute Gasteiger partial charge is 0.305 e. The summed E-state index contributed by atoms with van der Waals surface area (Å²) in [6.45, 7) is 1.31. The molecule has 0 radical (unpaired) electrons. The zero-order valence-electron chi connectivity index (χ0n) is 12.8. The molecule has 2 amide bonds.